The number of ether oxygens (including phenoxy) is 1. The van der Waals surface area contributed by atoms with Crippen LogP contribution in [0.15, 0.2) is 24.3 Å². The van der Waals surface area contributed by atoms with Crippen molar-refractivity contribution in [3.05, 3.63) is 35.6 Å². The zero-order valence-electron chi connectivity index (χ0n) is 10.5. The van der Waals surface area contributed by atoms with Gasteiger partial charge in [0.2, 0.25) is 0 Å². The summed E-state index contributed by atoms with van der Waals surface area (Å²) in [5.74, 6) is -0.258. The molecule has 1 N–H and O–H groups in total. The second-order valence-corrected chi connectivity index (χ2v) is 4.77. The van der Waals surface area contributed by atoms with Crippen molar-refractivity contribution in [1.29, 1.82) is 0 Å². The van der Waals surface area contributed by atoms with Crippen LogP contribution < -0.4 is 0 Å². The number of likely N-dealkylation sites (tertiary alicyclic amines) is 1. The maximum Gasteiger partial charge on any atom is 0.128 e. The molecule has 18 heavy (non-hydrogen) atoms. The molecule has 1 aromatic carbocycles. The zero-order valence-corrected chi connectivity index (χ0v) is 10.5. The average molecular weight is 253 g/mol. The Balaban J connectivity index is 1.67. The molecule has 0 spiro atoms. The monoisotopic (exact) mass is 253 g/mol. The first-order chi connectivity index (χ1) is 8.75. The Labute approximate surface area is 107 Å². The Kier molecular flexibility index (Phi) is 5.11. The van der Waals surface area contributed by atoms with Gasteiger partial charge in [-0.15, -0.1) is 0 Å². The van der Waals surface area contributed by atoms with E-state index in [4.69, 9.17) is 4.74 Å². The minimum atomic E-state index is -0.491. The van der Waals surface area contributed by atoms with Crippen molar-refractivity contribution in [2.75, 3.05) is 26.2 Å². The largest absolute Gasteiger partial charge is 0.389 e. The summed E-state index contributed by atoms with van der Waals surface area (Å²) in [5.41, 5.74) is 0.533. The van der Waals surface area contributed by atoms with Crippen molar-refractivity contribution in [2.45, 2.75) is 25.6 Å². The minimum absolute atomic E-state index is 0.212. The summed E-state index contributed by atoms with van der Waals surface area (Å²) in [4.78, 5) is 2.23. The standard InChI is InChI=1S/C14H20FNO2/c15-14-6-2-1-5-12(14)10-18-11-13(17)9-16-7-3-4-8-16/h1-2,5-6,13,17H,3-4,7-11H2/t13-/m0/s1. The maximum atomic E-state index is 13.3. The van der Waals surface area contributed by atoms with E-state index in [1.807, 2.05) is 0 Å². The third-order valence-electron chi connectivity index (χ3n) is 3.19. The van der Waals surface area contributed by atoms with Gasteiger partial charge in [-0.25, -0.2) is 4.39 Å². The third kappa shape index (κ3) is 4.05. The molecule has 0 amide bonds. The van der Waals surface area contributed by atoms with Gasteiger partial charge in [0.15, 0.2) is 0 Å². The van der Waals surface area contributed by atoms with E-state index in [-0.39, 0.29) is 19.0 Å². The van der Waals surface area contributed by atoms with Crippen LogP contribution in [0.3, 0.4) is 0 Å². The molecule has 0 aromatic heterocycles. The molecule has 3 nitrogen and oxygen atoms in total. The summed E-state index contributed by atoms with van der Waals surface area (Å²) in [6, 6.07) is 6.55. The van der Waals surface area contributed by atoms with Gasteiger partial charge in [0.25, 0.3) is 0 Å². The normalized spacial score (nSPS) is 18.1. The van der Waals surface area contributed by atoms with E-state index in [0.717, 1.165) is 13.1 Å². The van der Waals surface area contributed by atoms with E-state index in [1.54, 1.807) is 18.2 Å². The molecule has 4 heteroatoms. The highest BCUT2D eigenvalue weighted by atomic mass is 19.1. The average Bonchev–Trinajstić information content (AvgIpc) is 2.84. The summed E-state index contributed by atoms with van der Waals surface area (Å²) >= 11 is 0. The highest BCUT2D eigenvalue weighted by molar-refractivity contribution is 5.16. The van der Waals surface area contributed by atoms with E-state index in [0.29, 0.717) is 12.1 Å². The molecule has 1 heterocycles. The van der Waals surface area contributed by atoms with Gasteiger partial charge >= 0.3 is 0 Å². The van der Waals surface area contributed by atoms with Gasteiger partial charge in [-0.3, -0.25) is 0 Å². The van der Waals surface area contributed by atoms with Crippen molar-refractivity contribution >= 4 is 0 Å². The lowest BCUT2D eigenvalue weighted by atomic mass is 10.2. The smallest absolute Gasteiger partial charge is 0.128 e. The zero-order chi connectivity index (χ0) is 12.8. The van der Waals surface area contributed by atoms with Crippen LogP contribution in [-0.4, -0.2) is 42.4 Å². The summed E-state index contributed by atoms with van der Waals surface area (Å²) in [5, 5.41) is 9.80. The van der Waals surface area contributed by atoms with E-state index < -0.39 is 6.10 Å². The summed E-state index contributed by atoms with van der Waals surface area (Å²) in [7, 11) is 0. The topological polar surface area (TPSA) is 32.7 Å². The first kappa shape index (κ1) is 13.5. The van der Waals surface area contributed by atoms with Crippen molar-refractivity contribution in [1.82, 2.24) is 4.90 Å². The Hall–Kier alpha value is -0.970. The highest BCUT2D eigenvalue weighted by Crippen LogP contribution is 2.10. The molecule has 0 unspecified atom stereocenters. The molecule has 1 atom stereocenters. The number of nitrogens with zero attached hydrogens (tertiary/aromatic N) is 1. The number of rotatable bonds is 6. The van der Waals surface area contributed by atoms with E-state index in [9.17, 15) is 9.50 Å². The van der Waals surface area contributed by atoms with E-state index >= 15 is 0 Å². The highest BCUT2D eigenvalue weighted by Gasteiger charge is 2.15. The van der Waals surface area contributed by atoms with Crippen molar-refractivity contribution in [3.8, 4) is 0 Å². The molecular weight excluding hydrogens is 233 g/mol. The van der Waals surface area contributed by atoms with Crippen molar-refractivity contribution < 1.29 is 14.2 Å². The van der Waals surface area contributed by atoms with Crippen LogP contribution in [0.2, 0.25) is 0 Å². The van der Waals surface area contributed by atoms with E-state index in [2.05, 4.69) is 4.90 Å². The number of aliphatic hydroxyl groups excluding tert-OH is 1. The second-order valence-electron chi connectivity index (χ2n) is 4.77. The van der Waals surface area contributed by atoms with Crippen LogP contribution in [0, 0.1) is 5.82 Å². The molecule has 1 aromatic rings. The fraction of sp³-hybridized carbons (Fsp3) is 0.571. The second kappa shape index (κ2) is 6.83. The van der Waals surface area contributed by atoms with Crippen LogP contribution in [0.5, 0.6) is 0 Å². The van der Waals surface area contributed by atoms with Gasteiger partial charge in [-0.2, -0.15) is 0 Å². The molecule has 0 saturated carbocycles. The first-order valence-electron chi connectivity index (χ1n) is 6.47. The lowest BCUT2D eigenvalue weighted by Crippen LogP contribution is -2.32. The molecule has 1 fully saturated rings. The van der Waals surface area contributed by atoms with Crippen LogP contribution in [0.1, 0.15) is 18.4 Å². The van der Waals surface area contributed by atoms with Gasteiger partial charge in [0, 0.05) is 12.1 Å². The Morgan fingerprint density at radius 3 is 2.72 bits per heavy atom. The lowest BCUT2D eigenvalue weighted by molar-refractivity contribution is 0.0126. The van der Waals surface area contributed by atoms with Crippen LogP contribution in [-0.2, 0) is 11.3 Å². The molecule has 100 valence electrons. The fourth-order valence-corrected chi connectivity index (χ4v) is 2.24. The number of hydrogen-bond acceptors (Lipinski definition) is 3. The summed E-state index contributed by atoms with van der Waals surface area (Å²) < 4.78 is 18.6. The summed E-state index contributed by atoms with van der Waals surface area (Å²) in [6.45, 7) is 3.24. The van der Waals surface area contributed by atoms with Crippen molar-refractivity contribution in [3.63, 3.8) is 0 Å². The molecular formula is C14H20FNO2. The van der Waals surface area contributed by atoms with Gasteiger partial charge in [0.05, 0.1) is 19.3 Å². The molecule has 1 aliphatic rings. The first-order valence-corrected chi connectivity index (χ1v) is 6.47. The SMILES string of the molecule is O[C@H](COCc1ccccc1F)CN1CCCC1. The predicted molar refractivity (Wildman–Crippen MR) is 67.7 cm³/mol. The van der Waals surface area contributed by atoms with Crippen molar-refractivity contribution in [2.24, 2.45) is 0 Å². The Morgan fingerprint density at radius 2 is 2.00 bits per heavy atom. The van der Waals surface area contributed by atoms with Crippen LogP contribution in [0.25, 0.3) is 0 Å². The number of hydrogen-bond donors (Lipinski definition) is 1. The number of benzene rings is 1. The number of aliphatic hydroxyl groups is 1. The maximum absolute atomic E-state index is 13.3. The van der Waals surface area contributed by atoms with Gasteiger partial charge in [-0.1, -0.05) is 18.2 Å². The Bertz CT molecular complexity index is 367. The molecule has 1 aliphatic heterocycles. The third-order valence-corrected chi connectivity index (χ3v) is 3.19. The number of β-amino-alcohol motifs (C(OH)–C–C–N with tert-alkyl or cyclic N) is 1. The number of halogens is 1. The lowest BCUT2D eigenvalue weighted by Gasteiger charge is -2.19. The van der Waals surface area contributed by atoms with Crippen LogP contribution >= 0.6 is 0 Å². The molecule has 1 saturated heterocycles. The molecule has 0 aliphatic carbocycles. The van der Waals surface area contributed by atoms with Gasteiger partial charge < -0.3 is 14.7 Å². The molecule has 0 bridgehead atoms. The fourth-order valence-electron chi connectivity index (χ4n) is 2.24. The van der Waals surface area contributed by atoms with Gasteiger partial charge in [0.1, 0.15) is 5.82 Å². The predicted octanol–water partition coefficient (Wildman–Crippen LogP) is 1.80. The molecule has 2 rings (SSSR count). The summed E-state index contributed by atoms with van der Waals surface area (Å²) in [6.07, 6.45) is 1.93. The minimum Gasteiger partial charge on any atom is -0.389 e. The Morgan fingerprint density at radius 1 is 1.28 bits per heavy atom. The quantitative estimate of drug-likeness (QED) is 0.839. The van der Waals surface area contributed by atoms with Gasteiger partial charge in [-0.05, 0) is 32.0 Å². The van der Waals surface area contributed by atoms with E-state index in [1.165, 1.54) is 18.9 Å². The van der Waals surface area contributed by atoms with Crippen LogP contribution in [0.4, 0.5) is 4.39 Å². The molecule has 0 radical (unpaired) electrons.